The molecule has 110 valence electrons. The molecule has 1 aromatic carbocycles. The lowest BCUT2D eigenvalue weighted by Gasteiger charge is -2.10. The van der Waals surface area contributed by atoms with Gasteiger partial charge >= 0.3 is 0 Å². The first-order chi connectivity index (χ1) is 9.78. The number of amides is 1. The highest BCUT2D eigenvalue weighted by Gasteiger charge is 2.17. The van der Waals surface area contributed by atoms with E-state index in [1.54, 1.807) is 0 Å². The number of hydrogen-bond acceptors (Lipinski definition) is 2. The van der Waals surface area contributed by atoms with Gasteiger partial charge < -0.3 is 10.6 Å². The first-order valence-electron chi connectivity index (χ1n) is 7.90. The summed E-state index contributed by atoms with van der Waals surface area (Å²) in [5, 5.41) is 6.33. The summed E-state index contributed by atoms with van der Waals surface area (Å²) in [5.74, 6) is 0.114. The van der Waals surface area contributed by atoms with Gasteiger partial charge in [-0.25, -0.2) is 0 Å². The lowest BCUT2D eigenvalue weighted by atomic mass is 10.1. The van der Waals surface area contributed by atoms with E-state index in [0.717, 1.165) is 25.1 Å². The summed E-state index contributed by atoms with van der Waals surface area (Å²) in [7, 11) is 0. The van der Waals surface area contributed by atoms with Gasteiger partial charge in [-0.05, 0) is 49.9 Å². The molecule has 20 heavy (non-hydrogen) atoms. The highest BCUT2D eigenvalue weighted by atomic mass is 16.1. The normalized spacial score (nSPS) is 18.1. The van der Waals surface area contributed by atoms with Crippen molar-refractivity contribution in [2.45, 2.75) is 57.9 Å². The van der Waals surface area contributed by atoms with Crippen LogP contribution in [0, 0.1) is 0 Å². The van der Waals surface area contributed by atoms with Crippen LogP contribution in [0.3, 0.4) is 0 Å². The highest BCUT2D eigenvalue weighted by Crippen LogP contribution is 2.14. The smallest absolute Gasteiger partial charge is 0.225 e. The van der Waals surface area contributed by atoms with Crippen molar-refractivity contribution in [1.29, 1.82) is 0 Å². The highest BCUT2D eigenvalue weighted by molar-refractivity contribution is 5.91. The van der Waals surface area contributed by atoms with Crippen molar-refractivity contribution in [2.24, 2.45) is 0 Å². The molecule has 0 saturated carbocycles. The number of nitrogens with one attached hydrogen (secondary N) is 2. The zero-order valence-electron chi connectivity index (χ0n) is 12.5. The monoisotopic (exact) mass is 274 g/mol. The van der Waals surface area contributed by atoms with Crippen LogP contribution in [0.4, 0.5) is 5.69 Å². The lowest BCUT2D eigenvalue weighted by molar-refractivity contribution is -0.116. The fourth-order valence-electron chi connectivity index (χ4n) is 2.70. The Bertz CT molecular complexity index is 408. The Labute approximate surface area is 122 Å². The summed E-state index contributed by atoms with van der Waals surface area (Å²) in [6.07, 6.45) is 7.80. The first kappa shape index (κ1) is 15.0. The number of carbonyl (C=O) groups is 1. The SMILES string of the molecule is CCCCCc1ccc(NC(=O)CC2CCCN2)cc1. The molecule has 1 aromatic rings. The van der Waals surface area contributed by atoms with Crippen molar-refractivity contribution < 1.29 is 4.79 Å². The quantitative estimate of drug-likeness (QED) is 0.747. The van der Waals surface area contributed by atoms with E-state index >= 15 is 0 Å². The van der Waals surface area contributed by atoms with Gasteiger partial charge in [-0.15, -0.1) is 0 Å². The zero-order valence-corrected chi connectivity index (χ0v) is 12.5. The summed E-state index contributed by atoms with van der Waals surface area (Å²) in [6, 6.07) is 8.64. The van der Waals surface area contributed by atoms with Gasteiger partial charge in [0.05, 0.1) is 0 Å². The summed E-state index contributed by atoms with van der Waals surface area (Å²) >= 11 is 0. The second-order valence-electron chi connectivity index (χ2n) is 5.70. The minimum Gasteiger partial charge on any atom is -0.326 e. The summed E-state index contributed by atoms with van der Waals surface area (Å²) in [6.45, 7) is 3.27. The maximum absolute atomic E-state index is 11.9. The maximum atomic E-state index is 11.9. The number of anilines is 1. The molecule has 0 bridgehead atoms. The van der Waals surface area contributed by atoms with Gasteiger partial charge in [0.1, 0.15) is 0 Å². The van der Waals surface area contributed by atoms with Crippen LogP contribution < -0.4 is 10.6 Å². The number of benzene rings is 1. The van der Waals surface area contributed by atoms with Crippen molar-refractivity contribution in [3.63, 3.8) is 0 Å². The molecule has 1 fully saturated rings. The van der Waals surface area contributed by atoms with Crippen LogP contribution in [-0.4, -0.2) is 18.5 Å². The molecule has 0 aromatic heterocycles. The maximum Gasteiger partial charge on any atom is 0.225 e. The van der Waals surface area contributed by atoms with Crippen LogP contribution >= 0.6 is 0 Å². The molecule has 1 aliphatic rings. The second-order valence-corrected chi connectivity index (χ2v) is 5.70. The van der Waals surface area contributed by atoms with Gasteiger partial charge in [-0.1, -0.05) is 31.9 Å². The Morgan fingerprint density at radius 2 is 2.10 bits per heavy atom. The van der Waals surface area contributed by atoms with E-state index in [-0.39, 0.29) is 5.91 Å². The van der Waals surface area contributed by atoms with E-state index in [1.807, 2.05) is 12.1 Å². The van der Waals surface area contributed by atoms with Crippen molar-refractivity contribution in [1.82, 2.24) is 5.32 Å². The Hall–Kier alpha value is -1.35. The van der Waals surface area contributed by atoms with Gasteiger partial charge in [0.25, 0.3) is 0 Å². The number of carbonyl (C=O) groups excluding carboxylic acids is 1. The summed E-state index contributed by atoms with van der Waals surface area (Å²) in [5.41, 5.74) is 2.26. The molecule has 3 heteroatoms. The minimum atomic E-state index is 0.114. The first-order valence-corrected chi connectivity index (χ1v) is 7.90. The second kappa shape index (κ2) is 8.05. The van der Waals surface area contributed by atoms with Gasteiger partial charge in [0.2, 0.25) is 5.91 Å². The topological polar surface area (TPSA) is 41.1 Å². The average molecular weight is 274 g/mol. The minimum absolute atomic E-state index is 0.114. The molecular formula is C17H26N2O. The zero-order chi connectivity index (χ0) is 14.2. The Morgan fingerprint density at radius 1 is 1.30 bits per heavy atom. The molecule has 2 N–H and O–H groups in total. The number of aryl methyl sites for hydroxylation is 1. The third-order valence-electron chi connectivity index (χ3n) is 3.90. The third-order valence-corrected chi connectivity index (χ3v) is 3.90. The van der Waals surface area contributed by atoms with E-state index in [4.69, 9.17) is 0 Å². The average Bonchev–Trinajstić information content (AvgIpc) is 2.94. The third kappa shape index (κ3) is 4.97. The van der Waals surface area contributed by atoms with Crippen molar-refractivity contribution in [2.75, 3.05) is 11.9 Å². The molecule has 3 nitrogen and oxygen atoms in total. The Balaban J connectivity index is 1.76. The van der Waals surface area contributed by atoms with Crippen LogP contribution in [0.15, 0.2) is 24.3 Å². The predicted octanol–water partition coefficient (Wildman–Crippen LogP) is 3.50. The molecule has 1 aliphatic heterocycles. The molecule has 1 atom stereocenters. The fourth-order valence-corrected chi connectivity index (χ4v) is 2.70. The van der Waals surface area contributed by atoms with Crippen molar-refractivity contribution in [3.05, 3.63) is 29.8 Å². The largest absolute Gasteiger partial charge is 0.326 e. The van der Waals surface area contributed by atoms with E-state index < -0.39 is 0 Å². The summed E-state index contributed by atoms with van der Waals surface area (Å²) < 4.78 is 0. The summed E-state index contributed by atoms with van der Waals surface area (Å²) in [4.78, 5) is 11.9. The van der Waals surface area contributed by atoms with E-state index in [0.29, 0.717) is 12.5 Å². The van der Waals surface area contributed by atoms with Crippen LogP contribution in [0.25, 0.3) is 0 Å². The number of hydrogen-bond donors (Lipinski definition) is 2. The van der Waals surface area contributed by atoms with E-state index in [9.17, 15) is 4.79 Å². The van der Waals surface area contributed by atoms with E-state index in [1.165, 1.54) is 31.2 Å². The molecule has 1 amide bonds. The van der Waals surface area contributed by atoms with Crippen molar-refractivity contribution >= 4 is 11.6 Å². The molecule has 1 heterocycles. The number of unbranched alkanes of at least 4 members (excludes halogenated alkanes) is 2. The Kier molecular flexibility index (Phi) is 6.06. The van der Waals surface area contributed by atoms with Crippen LogP contribution in [0.5, 0.6) is 0 Å². The molecule has 1 unspecified atom stereocenters. The predicted molar refractivity (Wildman–Crippen MR) is 83.9 cm³/mol. The van der Waals surface area contributed by atoms with Gasteiger partial charge in [-0.2, -0.15) is 0 Å². The fraction of sp³-hybridized carbons (Fsp3) is 0.588. The molecular weight excluding hydrogens is 248 g/mol. The van der Waals surface area contributed by atoms with Crippen LogP contribution in [0.2, 0.25) is 0 Å². The van der Waals surface area contributed by atoms with Crippen LogP contribution in [-0.2, 0) is 11.2 Å². The molecule has 0 spiro atoms. The standard InChI is InChI=1S/C17H26N2O/c1-2-3-4-6-14-8-10-15(11-9-14)19-17(20)13-16-7-5-12-18-16/h8-11,16,18H,2-7,12-13H2,1H3,(H,19,20). The molecule has 0 aliphatic carbocycles. The van der Waals surface area contributed by atoms with Gasteiger partial charge in [0.15, 0.2) is 0 Å². The van der Waals surface area contributed by atoms with Gasteiger partial charge in [0, 0.05) is 18.2 Å². The number of rotatable bonds is 7. The van der Waals surface area contributed by atoms with Crippen LogP contribution in [0.1, 0.15) is 51.0 Å². The van der Waals surface area contributed by atoms with Crippen molar-refractivity contribution in [3.8, 4) is 0 Å². The van der Waals surface area contributed by atoms with E-state index in [2.05, 4.69) is 29.7 Å². The molecule has 0 radical (unpaired) electrons. The molecule has 1 saturated heterocycles. The lowest BCUT2D eigenvalue weighted by Crippen LogP contribution is -2.27. The van der Waals surface area contributed by atoms with Gasteiger partial charge in [-0.3, -0.25) is 4.79 Å². The molecule has 2 rings (SSSR count). The Morgan fingerprint density at radius 3 is 2.75 bits per heavy atom.